The summed E-state index contributed by atoms with van der Waals surface area (Å²) in [6, 6.07) is 0.614. The summed E-state index contributed by atoms with van der Waals surface area (Å²) >= 11 is 0. The molecule has 2 aromatic rings. The van der Waals surface area contributed by atoms with E-state index in [4.69, 9.17) is 9.47 Å². The Labute approximate surface area is 359 Å². The number of phenols is 1. The Morgan fingerprint density at radius 1 is 0.885 bits per heavy atom. The molecule has 1 saturated heterocycles. The maximum absolute atomic E-state index is 14.4. The third-order valence-corrected chi connectivity index (χ3v) is 10.6. The molecule has 338 valence electrons. The molecule has 2 heterocycles. The molecule has 0 bridgehead atoms. The minimum Gasteiger partial charge on any atom is -0.508 e. The van der Waals surface area contributed by atoms with Gasteiger partial charge in [0, 0.05) is 37.7 Å². The zero-order chi connectivity index (χ0) is 45.4. The standard InChI is InChI=1S/C44H67N7O10/c1-10-12-20-60-42(58)28(6)21-35(53)34-14-13-19-51(34)41(57)33(23-30-24-45-25-46-30)48-40(56)37(27(5)11-2)49-38(54)32(22-29-15-17-31(52)18-16-29)47-39(55)36(26(3)4)50-43(59)61-44(7,8)9/h15-18,24-28,32-34,36-37,52H,10-14,19-23H2,1-9H3,(H,45,46)(H,47,55)(H,48,56)(H,49,54)(H,50,59)/t27?,28-,32-,33-,34-,36-,37-/m0/s1. The highest BCUT2D eigenvalue weighted by Crippen LogP contribution is 2.24. The third-order valence-electron chi connectivity index (χ3n) is 10.6. The number of rotatable bonds is 22. The van der Waals surface area contributed by atoms with Crippen molar-refractivity contribution >= 4 is 41.5 Å². The van der Waals surface area contributed by atoms with Crippen LogP contribution in [-0.2, 0) is 51.1 Å². The van der Waals surface area contributed by atoms with Crippen LogP contribution in [0.5, 0.6) is 5.75 Å². The molecule has 17 heteroatoms. The number of amides is 5. The van der Waals surface area contributed by atoms with E-state index in [1.54, 1.807) is 60.6 Å². The first kappa shape index (κ1) is 49.9. The number of carbonyl (C=O) groups is 7. The molecule has 1 aliphatic heterocycles. The van der Waals surface area contributed by atoms with Crippen LogP contribution in [0.25, 0.3) is 0 Å². The molecule has 0 saturated carbocycles. The smallest absolute Gasteiger partial charge is 0.408 e. The minimum atomic E-state index is -1.25. The zero-order valence-corrected chi connectivity index (χ0v) is 37.2. The van der Waals surface area contributed by atoms with E-state index in [1.807, 2.05) is 13.8 Å². The average molecular weight is 854 g/mol. The molecule has 1 aromatic heterocycles. The van der Waals surface area contributed by atoms with E-state index in [-0.39, 0.29) is 43.9 Å². The number of aromatic amines is 1. The highest BCUT2D eigenvalue weighted by Gasteiger charge is 2.40. The molecule has 5 amide bonds. The molecule has 0 radical (unpaired) electrons. The van der Waals surface area contributed by atoms with Gasteiger partial charge >= 0.3 is 12.1 Å². The number of ether oxygens (including phenoxy) is 2. The Balaban J connectivity index is 1.87. The van der Waals surface area contributed by atoms with E-state index >= 15 is 0 Å². The summed E-state index contributed by atoms with van der Waals surface area (Å²) < 4.78 is 10.7. The van der Waals surface area contributed by atoms with Gasteiger partial charge in [0.15, 0.2) is 5.78 Å². The van der Waals surface area contributed by atoms with Crippen molar-refractivity contribution in [2.75, 3.05) is 13.2 Å². The number of nitrogens with zero attached hydrogens (tertiary/aromatic N) is 2. The van der Waals surface area contributed by atoms with Crippen LogP contribution >= 0.6 is 0 Å². The van der Waals surface area contributed by atoms with E-state index < -0.39 is 89.3 Å². The molecule has 1 aliphatic rings. The van der Waals surface area contributed by atoms with E-state index in [2.05, 4.69) is 31.2 Å². The molecule has 0 spiro atoms. The minimum absolute atomic E-state index is 0.00405. The van der Waals surface area contributed by atoms with Gasteiger partial charge in [0.25, 0.3) is 0 Å². The van der Waals surface area contributed by atoms with Crippen LogP contribution in [0.15, 0.2) is 36.8 Å². The maximum Gasteiger partial charge on any atom is 0.408 e. The quantitative estimate of drug-likeness (QED) is 0.0734. The second-order valence-electron chi connectivity index (χ2n) is 17.3. The van der Waals surface area contributed by atoms with Gasteiger partial charge in [-0.15, -0.1) is 0 Å². The number of carbonyl (C=O) groups excluding carboxylic acids is 7. The lowest BCUT2D eigenvalue weighted by Crippen LogP contribution is -2.61. The van der Waals surface area contributed by atoms with Gasteiger partial charge in [-0.25, -0.2) is 9.78 Å². The fraction of sp³-hybridized carbons (Fsp3) is 0.636. The third kappa shape index (κ3) is 15.8. The Bertz CT molecular complexity index is 1780. The lowest BCUT2D eigenvalue weighted by atomic mass is 9.96. The van der Waals surface area contributed by atoms with Gasteiger partial charge in [-0.1, -0.05) is 66.5 Å². The number of alkyl carbamates (subject to hydrolysis) is 1. The first-order chi connectivity index (χ1) is 28.7. The number of imidazole rings is 1. The van der Waals surface area contributed by atoms with Gasteiger partial charge in [-0.05, 0) is 69.6 Å². The summed E-state index contributed by atoms with van der Waals surface area (Å²) in [7, 11) is 0. The molecule has 1 fully saturated rings. The number of likely N-dealkylation sites (tertiary alicyclic amines) is 1. The fourth-order valence-corrected chi connectivity index (χ4v) is 6.89. The molecular weight excluding hydrogens is 787 g/mol. The maximum atomic E-state index is 14.4. The van der Waals surface area contributed by atoms with Gasteiger partial charge in [-0.2, -0.15) is 0 Å². The van der Waals surface area contributed by atoms with Crippen LogP contribution in [0.4, 0.5) is 4.79 Å². The Morgan fingerprint density at radius 2 is 1.54 bits per heavy atom. The number of nitrogens with one attached hydrogen (secondary N) is 5. The molecule has 3 rings (SSSR count). The summed E-state index contributed by atoms with van der Waals surface area (Å²) in [4.78, 5) is 104. The molecule has 6 N–H and O–H groups in total. The number of ketones is 1. The van der Waals surface area contributed by atoms with Gasteiger partial charge in [-0.3, -0.25) is 28.8 Å². The van der Waals surface area contributed by atoms with Crippen molar-refractivity contribution in [3.63, 3.8) is 0 Å². The summed E-state index contributed by atoms with van der Waals surface area (Å²) in [5, 5.41) is 20.9. The van der Waals surface area contributed by atoms with Crippen LogP contribution in [0.1, 0.15) is 112 Å². The highest BCUT2D eigenvalue weighted by molar-refractivity contribution is 5.97. The van der Waals surface area contributed by atoms with Crippen molar-refractivity contribution in [1.82, 2.24) is 36.1 Å². The Hall–Kier alpha value is -5.48. The van der Waals surface area contributed by atoms with Crippen molar-refractivity contribution < 1.29 is 48.1 Å². The predicted octanol–water partition coefficient (Wildman–Crippen LogP) is 3.88. The van der Waals surface area contributed by atoms with Gasteiger partial charge in [0.2, 0.25) is 23.6 Å². The largest absolute Gasteiger partial charge is 0.508 e. The number of Topliss-reactive ketones (excluding diaryl/α,β-unsaturated/α-hetero) is 1. The van der Waals surface area contributed by atoms with Crippen LogP contribution in [-0.4, -0.2) is 110 Å². The van der Waals surface area contributed by atoms with Crippen LogP contribution < -0.4 is 21.3 Å². The predicted molar refractivity (Wildman–Crippen MR) is 227 cm³/mol. The number of phenolic OH excluding ortho intramolecular Hbond substituents is 1. The zero-order valence-electron chi connectivity index (χ0n) is 37.2. The first-order valence-electron chi connectivity index (χ1n) is 21.4. The molecule has 7 atom stereocenters. The molecule has 17 nitrogen and oxygen atoms in total. The Kier molecular flexibility index (Phi) is 19.2. The second-order valence-corrected chi connectivity index (χ2v) is 17.3. The number of H-pyrrole nitrogens is 1. The van der Waals surface area contributed by atoms with Gasteiger partial charge < -0.3 is 45.7 Å². The average Bonchev–Trinajstić information content (AvgIpc) is 3.91. The number of hydrogen-bond donors (Lipinski definition) is 6. The number of benzene rings is 1. The van der Waals surface area contributed by atoms with E-state index in [0.717, 1.165) is 6.42 Å². The number of aromatic hydroxyl groups is 1. The number of hydrogen-bond acceptors (Lipinski definition) is 11. The number of aromatic nitrogens is 2. The van der Waals surface area contributed by atoms with Crippen LogP contribution in [0.2, 0.25) is 0 Å². The lowest BCUT2D eigenvalue weighted by Gasteiger charge is -2.32. The first-order valence-corrected chi connectivity index (χ1v) is 21.4. The monoisotopic (exact) mass is 853 g/mol. The normalized spacial score (nSPS) is 17.0. The van der Waals surface area contributed by atoms with E-state index in [1.165, 1.54) is 29.6 Å². The summed E-state index contributed by atoms with van der Waals surface area (Å²) in [5.41, 5.74) is 0.310. The SMILES string of the molecule is CCCCOC(=O)[C@@H](C)CC(=O)[C@@H]1CCCN1C(=O)[C@H](Cc1cnc[nH]1)NC(=O)[C@@H](NC(=O)[C@H](Cc1ccc(O)cc1)NC(=O)[C@@H](NC(=O)OC(C)(C)C)C(C)C)C(C)CC. The molecule has 61 heavy (non-hydrogen) atoms. The van der Waals surface area contributed by atoms with Crippen molar-refractivity contribution in [1.29, 1.82) is 0 Å². The topological polar surface area (TPSA) is 238 Å². The summed E-state index contributed by atoms with van der Waals surface area (Å²) in [6.45, 7) is 16.3. The van der Waals surface area contributed by atoms with Crippen molar-refractivity contribution in [2.24, 2.45) is 17.8 Å². The summed E-state index contributed by atoms with van der Waals surface area (Å²) in [5.74, 6) is -4.81. The Morgan fingerprint density at radius 3 is 2.13 bits per heavy atom. The fourth-order valence-electron chi connectivity index (χ4n) is 6.89. The molecule has 1 aromatic carbocycles. The van der Waals surface area contributed by atoms with E-state index in [0.29, 0.717) is 36.9 Å². The number of unbranched alkanes of at least 4 members (excludes halogenated alkanes) is 1. The molecule has 0 aliphatic carbocycles. The van der Waals surface area contributed by atoms with Gasteiger partial charge in [0.1, 0.15) is 35.5 Å². The summed E-state index contributed by atoms with van der Waals surface area (Å²) in [6.07, 6.45) is 4.99. The number of esters is 1. The van der Waals surface area contributed by atoms with Gasteiger partial charge in [0.05, 0.1) is 24.9 Å². The molecular formula is C44H67N7O10. The lowest BCUT2D eigenvalue weighted by molar-refractivity contribution is -0.150. The van der Waals surface area contributed by atoms with Crippen LogP contribution in [0, 0.1) is 17.8 Å². The van der Waals surface area contributed by atoms with E-state index in [9.17, 15) is 38.7 Å². The van der Waals surface area contributed by atoms with Crippen molar-refractivity contribution in [3.05, 3.63) is 48.0 Å². The second kappa shape index (κ2) is 23.5. The van der Waals surface area contributed by atoms with Crippen molar-refractivity contribution in [3.8, 4) is 5.75 Å². The van der Waals surface area contributed by atoms with Crippen LogP contribution in [0.3, 0.4) is 0 Å². The molecule has 1 unspecified atom stereocenters. The highest BCUT2D eigenvalue weighted by atomic mass is 16.6. The van der Waals surface area contributed by atoms with Crippen molar-refractivity contribution in [2.45, 2.75) is 149 Å².